The molecule has 1 aliphatic heterocycles. The highest BCUT2D eigenvalue weighted by Crippen LogP contribution is 2.06. The maximum Gasteiger partial charge on any atom is 0.331 e. The van der Waals surface area contributed by atoms with Crippen LogP contribution in [0.15, 0.2) is 35.6 Å². The first-order valence-corrected chi connectivity index (χ1v) is 3.69. The van der Waals surface area contributed by atoms with Crippen molar-refractivity contribution < 1.29 is 9.53 Å². The topological polar surface area (TPSA) is 52.3 Å². The third kappa shape index (κ3) is 2.27. The fourth-order valence-corrected chi connectivity index (χ4v) is 0.813. The molecule has 1 heterocycles. The zero-order chi connectivity index (χ0) is 8.97. The van der Waals surface area contributed by atoms with Gasteiger partial charge in [0.15, 0.2) is 0 Å². The van der Waals surface area contributed by atoms with Gasteiger partial charge in [0.25, 0.3) is 0 Å². The number of carbonyl (C=O) groups excluding carboxylic acids is 1. The van der Waals surface area contributed by atoms with Gasteiger partial charge >= 0.3 is 5.97 Å². The lowest BCUT2D eigenvalue weighted by Crippen LogP contribution is -2.09. The molecule has 0 bridgehead atoms. The van der Waals surface area contributed by atoms with E-state index in [1.54, 1.807) is 18.2 Å². The van der Waals surface area contributed by atoms with Gasteiger partial charge in [-0.05, 0) is 24.6 Å². The molecule has 64 valence electrons. The van der Waals surface area contributed by atoms with Crippen molar-refractivity contribution in [2.75, 3.05) is 6.61 Å². The van der Waals surface area contributed by atoms with E-state index in [4.69, 9.17) is 10.5 Å². The molecule has 3 nitrogen and oxygen atoms in total. The van der Waals surface area contributed by atoms with Gasteiger partial charge in [-0.1, -0.05) is 6.08 Å². The highest BCUT2D eigenvalue weighted by Gasteiger charge is 2.05. The van der Waals surface area contributed by atoms with E-state index in [9.17, 15) is 4.79 Å². The lowest BCUT2D eigenvalue weighted by molar-refractivity contribution is -0.137. The fourth-order valence-electron chi connectivity index (χ4n) is 0.813. The van der Waals surface area contributed by atoms with E-state index in [1.165, 1.54) is 6.08 Å². The van der Waals surface area contributed by atoms with Crippen molar-refractivity contribution in [3.63, 3.8) is 0 Å². The van der Waals surface area contributed by atoms with E-state index < -0.39 is 0 Å². The molecule has 3 heteroatoms. The van der Waals surface area contributed by atoms with Crippen molar-refractivity contribution in [2.45, 2.75) is 6.92 Å². The van der Waals surface area contributed by atoms with Crippen LogP contribution in [0.2, 0.25) is 0 Å². The molecule has 0 radical (unpaired) electrons. The van der Waals surface area contributed by atoms with E-state index in [1.807, 2.05) is 6.92 Å². The zero-order valence-corrected chi connectivity index (χ0v) is 6.91. The molecule has 0 atom stereocenters. The summed E-state index contributed by atoms with van der Waals surface area (Å²) in [6.07, 6.45) is 6.67. The van der Waals surface area contributed by atoms with Crippen LogP contribution in [-0.2, 0) is 9.53 Å². The molecular formula is C9H11NO2. The Labute approximate surface area is 71.2 Å². The molecule has 0 aromatic heterocycles. The van der Waals surface area contributed by atoms with E-state index in [0.717, 1.165) is 5.57 Å². The molecule has 0 saturated heterocycles. The van der Waals surface area contributed by atoms with Gasteiger partial charge in [-0.25, -0.2) is 4.79 Å². The minimum Gasteiger partial charge on any atom is -0.458 e. The van der Waals surface area contributed by atoms with Crippen LogP contribution >= 0.6 is 0 Å². The van der Waals surface area contributed by atoms with Gasteiger partial charge in [-0.2, -0.15) is 0 Å². The van der Waals surface area contributed by atoms with Crippen LogP contribution < -0.4 is 5.73 Å². The quantitative estimate of drug-likeness (QED) is 0.587. The van der Waals surface area contributed by atoms with Crippen molar-refractivity contribution in [1.29, 1.82) is 0 Å². The number of rotatable bonds is 1. The maximum atomic E-state index is 10.6. The second kappa shape index (κ2) is 3.76. The lowest BCUT2D eigenvalue weighted by atomic mass is 10.2. The summed E-state index contributed by atoms with van der Waals surface area (Å²) >= 11 is 0. The van der Waals surface area contributed by atoms with Crippen LogP contribution in [-0.4, -0.2) is 12.6 Å². The largest absolute Gasteiger partial charge is 0.458 e. The molecule has 0 spiro atoms. The third-order valence-electron chi connectivity index (χ3n) is 1.50. The Balaban J connectivity index is 2.72. The molecule has 0 saturated carbocycles. The third-order valence-corrected chi connectivity index (χ3v) is 1.50. The van der Waals surface area contributed by atoms with Crippen molar-refractivity contribution in [2.24, 2.45) is 5.73 Å². The van der Waals surface area contributed by atoms with Gasteiger partial charge in [0.05, 0.1) is 0 Å². The van der Waals surface area contributed by atoms with Crippen LogP contribution in [0.1, 0.15) is 6.92 Å². The van der Waals surface area contributed by atoms with Gasteiger partial charge in [-0.15, -0.1) is 0 Å². The zero-order valence-electron chi connectivity index (χ0n) is 6.91. The Bertz CT molecular complexity index is 274. The summed E-state index contributed by atoms with van der Waals surface area (Å²) in [7, 11) is 0. The van der Waals surface area contributed by atoms with Gasteiger partial charge in [0.2, 0.25) is 0 Å². The second-order valence-electron chi connectivity index (χ2n) is 2.45. The summed E-state index contributed by atoms with van der Waals surface area (Å²) < 4.78 is 4.76. The molecule has 1 rings (SSSR count). The van der Waals surface area contributed by atoms with Gasteiger partial charge in [-0.3, -0.25) is 0 Å². The summed E-state index contributed by atoms with van der Waals surface area (Å²) in [6, 6.07) is 0. The highest BCUT2D eigenvalue weighted by atomic mass is 16.5. The molecule has 12 heavy (non-hydrogen) atoms. The average molecular weight is 165 g/mol. The van der Waals surface area contributed by atoms with Crippen molar-refractivity contribution in [1.82, 2.24) is 0 Å². The lowest BCUT2D eigenvalue weighted by Gasteiger charge is -2.08. The Kier molecular flexibility index (Phi) is 2.69. The summed E-state index contributed by atoms with van der Waals surface area (Å²) in [5.74, 6) is -0.300. The number of nitrogens with two attached hydrogens (primary N) is 1. The van der Waals surface area contributed by atoms with E-state index in [0.29, 0.717) is 12.3 Å². The summed E-state index contributed by atoms with van der Waals surface area (Å²) in [5, 5.41) is 0. The van der Waals surface area contributed by atoms with Crippen LogP contribution in [0.4, 0.5) is 0 Å². The molecule has 2 N–H and O–H groups in total. The number of hydrogen-bond acceptors (Lipinski definition) is 3. The molecule has 1 aliphatic rings. The van der Waals surface area contributed by atoms with E-state index in [-0.39, 0.29) is 5.97 Å². The first-order chi connectivity index (χ1) is 5.72. The smallest absolute Gasteiger partial charge is 0.331 e. The monoisotopic (exact) mass is 165 g/mol. The predicted molar refractivity (Wildman–Crippen MR) is 46.1 cm³/mol. The Hall–Kier alpha value is -1.51. The number of cyclic esters (lactones) is 1. The van der Waals surface area contributed by atoms with Gasteiger partial charge < -0.3 is 10.5 Å². The Morgan fingerprint density at radius 2 is 2.42 bits per heavy atom. The first kappa shape index (κ1) is 8.59. The fraction of sp³-hybridized carbons (Fsp3) is 0.222. The average Bonchev–Trinajstić information content (AvgIpc) is 2.09. The molecular weight excluding hydrogens is 154 g/mol. The molecule has 0 fully saturated rings. The Morgan fingerprint density at radius 1 is 1.67 bits per heavy atom. The van der Waals surface area contributed by atoms with Crippen molar-refractivity contribution >= 4 is 5.97 Å². The summed E-state index contributed by atoms with van der Waals surface area (Å²) in [5.41, 5.74) is 7.13. The molecule has 0 amide bonds. The van der Waals surface area contributed by atoms with Gasteiger partial charge in [0, 0.05) is 11.8 Å². The van der Waals surface area contributed by atoms with Crippen molar-refractivity contribution in [3.05, 3.63) is 35.6 Å². The highest BCUT2D eigenvalue weighted by molar-refractivity contribution is 5.84. The van der Waals surface area contributed by atoms with Gasteiger partial charge in [0.1, 0.15) is 6.61 Å². The molecule has 0 aliphatic carbocycles. The SMILES string of the molecule is C/C=C(N)\C=C1\C=CC(=O)OC1. The number of hydrogen-bond donors (Lipinski definition) is 1. The molecule has 0 unspecified atom stereocenters. The number of carbonyl (C=O) groups is 1. The molecule has 0 aromatic rings. The van der Waals surface area contributed by atoms with E-state index >= 15 is 0 Å². The first-order valence-electron chi connectivity index (χ1n) is 3.69. The van der Waals surface area contributed by atoms with Crippen LogP contribution in [0.3, 0.4) is 0 Å². The normalized spacial score (nSPS) is 21.2. The number of allylic oxidation sites excluding steroid dienone is 2. The molecule has 0 aromatic carbocycles. The standard InChI is InChI=1S/C9H11NO2/c1-2-8(10)5-7-3-4-9(11)12-6-7/h2-5H,6,10H2,1H3/b7-5-,8-2+. The maximum absolute atomic E-state index is 10.6. The van der Waals surface area contributed by atoms with Crippen molar-refractivity contribution in [3.8, 4) is 0 Å². The van der Waals surface area contributed by atoms with E-state index in [2.05, 4.69) is 0 Å². The minimum atomic E-state index is -0.300. The van der Waals surface area contributed by atoms with Crippen LogP contribution in [0.5, 0.6) is 0 Å². The number of esters is 1. The number of ether oxygens (including phenoxy) is 1. The van der Waals surface area contributed by atoms with Crippen LogP contribution in [0, 0.1) is 0 Å². The summed E-state index contributed by atoms with van der Waals surface area (Å²) in [6.45, 7) is 2.16. The minimum absolute atomic E-state index is 0.300. The summed E-state index contributed by atoms with van der Waals surface area (Å²) in [4.78, 5) is 10.6. The predicted octanol–water partition coefficient (Wildman–Crippen LogP) is 0.888. The second-order valence-corrected chi connectivity index (χ2v) is 2.45. The van der Waals surface area contributed by atoms with Crippen LogP contribution in [0.25, 0.3) is 0 Å². The Morgan fingerprint density at radius 3 is 2.92 bits per heavy atom.